The van der Waals surface area contributed by atoms with Gasteiger partial charge in [-0.15, -0.1) is 0 Å². The van der Waals surface area contributed by atoms with Gasteiger partial charge in [-0.2, -0.15) is 0 Å². The van der Waals surface area contributed by atoms with E-state index < -0.39 is 5.60 Å². The van der Waals surface area contributed by atoms with Crippen LogP contribution in [0.4, 0.5) is 10.5 Å². The maximum atomic E-state index is 12.5. The third-order valence-electron chi connectivity index (χ3n) is 5.43. The highest BCUT2D eigenvalue weighted by Gasteiger charge is 2.22. The number of carbonyl (C=O) groups is 1. The first-order valence-corrected chi connectivity index (χ1v) is 11.4. The molecule has 0 unspecified atom stereocenters. The third kappa shape index (κ3) is 5.20. The molecular formula is C29H30N2O3. The van der Waals surface area contributed by atoms with Gasteiger partial charge in [-0.05, 0) is 33.8 Å². The fourth-order valence-electron chi connectivity index (χ4n) is 3.81. The molecule has 5 heteroatoms. The van der Waals surface area contributed by atoms with Crippen molar-refractivity contribution in [2.45, 2.75) is 39.8 Å². The number of aliphatic imine (C=N–C) groups is 1. The van der Waals surface area contributed by atoms with Crippen LogP contribution in [0.15, 0.2) is 88.3 Å². The Morgan fingerprint density at radius 2 is 1.50 bits per heavy atom. The summed E-state index contributed by atoms with van der Waals surface area (Å²) in [6.07, 6.45) is -0.370. The number of amides is 1. The van der Waals surface area contributed by atoms with E-state index in [1.54, 1.807) is 11.9 Å². The molecule has 174 valence electrons. The Morgan fingerprint density at radius 3 is 2.06 bits per heavy atom. The maximum absolute atomic E-state index is 12.5. The van der Waals surface area contributed by atoms with Crippen LogP contribution < -0.4 is 0 Å². The number of nitrogens with zero attached hydrogens (tertiary/aromatic N) is 2. The highest BCUT2D eigenvalue weighted by Crippen LogP contribution is 2.34. The molecule has 3 aromatic carbocycles. The first-order valence-electron chi connectivity index (χ1n) is 11.4. The van der Waals surface area contributed by atoms with Gasteiger partial charge in [0.2, 0.25) is 0 Å². The molecule has 0 bridgehead atoms. The molecule has 0 saturated heterocycles. The summed E-state index contributed by atoms with van der Waals surface area (Å²) in [6, 6.07) is 26.2. The SMILES string of the molecule is Cc1oc2c(N=C(c3ccccc3)c3ccccc3)cccc2c1CN(C)C(=O)OC(C)(C)C. The van der Waals surface area contributed by atoms with Crippen LogP contribution in [0.1, 0.15) is 43.2 Å². The van der Waals surface area contributed by atoms with Crippen LogP contribution in [0.2, 0.25) is 0 Å². The zero-order chi connectivity index (χ0) is 24.3. The first kappa shape index (κ1) is 23.3. The predicted octanol–water partition coefficient (Wildman–Crippen LogP) is 7.28. The zero-order valence-electron chi connectivity index (χ0n) is 20.3. The Bertz CT molecular complexity index is 1270. The van der Waals surface area contributed by atoms with Crippen molar-refractivity contribution in [2.24, 2.45) is 4.99 Å². The van der Waals surface area contributed by atoms with E-state index in [0.29, 0.717) is 12.1 Å². The fraction of sp³-hybridized carbons (Fsp3) is 0.241. The number of hydrogen-bond donors (Lipinski definition) is 0. The van der Waals surface area contributed by atoms with E-state index >= 15 is 0 Å². The fourth-order valence-corrected chi connectivity index (χ4v) is 3.81. The van der Waals surface area contributed by atoms with E-state index in [9.17, 15) is 4.79 Å². The van der Waals surface area contributed by atoms with Gasteiger partial charge >= 0.3 is 6.09 Å². The van der Waals surface area contributed by atoms with Gasteiger partial charge in [0.05, 0.1) is 12.3 Å². The summed E-state index contributed by atoms with van der Waals surface area (Å²) in [4.78, 5) is 19.1. The van der Waals surface area contributed by atoms with Gasteiger partial charge in [0.25, 0.3) is 0 Å². The van der Waals surface area contributed by atoms with Gasteiger partial charge in [-0.1, -0.05) is 72.8 Å². The lowest BCUT2D eigenvalue weighted by atomic mass is 10.0. The number of para-hydroxylation sites is 1. The van der Waals surface area contributed by atoms with Crippen molar-refractivity contribution >= 4 is 28.5 Å². The molecule has 34 heavy (non-hydrogen) atoms. The Morgan fingerprint density at radius 1 is 0.912 bits per heavy atom. The summed E-state index contributed by atoms with van der Waals surface area (Å²) in [6.45, 7) is 7.88. The molecule has 0 spiro atoms. The number of ether oxygens (including phenoxy) is 1. The topological polar surface area (TPSA) is 55.0 Å². The van der Waals surface area contributed by atoms with Crippen LogP contribution in [0.25, 0.3) is 11.0 Å². The van der Waals surface area contributed by atoms with Crippen molar-refractivity contribution in [1.29, 1.82) is 0 Å². The highest BCUT2D eigenvalue weighted by molar-refractivity contribution is 6.14. The Balaban J connectivity index is 1.76. The van der Waals surface area contributed by atoms with Gasteiger partial charge in [-0.25, -0.2) is 9.79 Å². The quantitative estimate of drug-likeness (QED) is 0.298. The first-order chi connectivity index (χ1) is 16.2. The molecule has 0 saturated carbocycles. The van der Waals surface area contributed by atoms with Gasteiger partial charge in [0.1, 0.15) is 17.0 Å². The lowest BCUT2D eigenvalue weighted by Crippen LogP contribution is -2.33. The number of furan rings is 1. The number of carbonyl (C=O) groups excluding carboxylic acids is 1. The Labute approximate surface area is 200 Å². The molecule has 0 aliphatic rings. The summed E-state index contributed by atoms with van der Waals surface area (Å²) in [5, 5.41) is 0.939. The van der Waals surface area contributed by atoms with Crippen molar-refractivity contribution in [3.8, 4) is 0 Å². The molecule has 0 aliphatic heterocycles. The van der Waals surface area contributed by atoms with Crippen molar-refractivity contribution in [1.82, 2.24) is 4.90 Å². The smallest absolute Gasteiger partial charge is 0.410 e. The van der Waals surface area contributed by atoms with E-state index in [0.717, 1.165) is 39.2 Å². The van der Waals surface area contributed by atoms with Gasteiger partial charge in [0, 0.05) is 29.1 Å². The molecule has 0 fully saturated rings. The number of fused-ring (bicyclic) bond motifs is 1. The largest absolute Gasteiger partial charge is 0.459 e. The summed E-state index contributed by atoms with van der Waals surface area (Å²) in [5.41, 5.74) is 4.77. The van der Waals surface area contributed by atoms with E-state index in [4.69, 9.17) is 14.1 Å². The minimum absolute atomic E-state index is 0.370. The zero-order valence-corrected chi connectivity index (χ0v) is 20.3. The minimum Gasteiger partial charge on any atom is -0.459 e. The van der Waals surface area contributed by atoms with Crippen LogP contribution >= 0.6 is 0 Å². The van der Waals surface area contributed by atoms with Gasteiger partial charge in [-0.3, -0.25) is 0 Å². The van der Waals surface area contributed by atoms with Gasteiger partial charge in [0.15, 0.2) is 5.58 Å². The van der Waals surface area contributed by atoms with E-state index in [2.05, 4.69) is 24.3 Å². The summed E-state index contributed by atoms with van der Waals surface area (Å²) in [5.74, 6) is 0.758. The van der Waals surface area contributed by atoms with Crippen LogP contribution in [0, 0.1) is 6.92 Å². The number of rotatable bonds is 5. The van der Waals surface area contributed by atoms with Crippen LogP contribution in [0.3, 0.4) is 0 Å². The van der Waals surface area contributed by atoms with E-state index in [1.165, 1.54) is 0 Å². The van der Waals surface area contributed by atoms with Crippen molar-refractivity contribution in [2.75, 3.05) is 7.05 Å². The lowest BCUT2D eigenvalue weighted by Gasteiger charge is -2.24. The molecule has 1 heterocycles. The number of aryl methyl sites for hydroxylation is 1. The number of hydrogen-bond acceptors (Lipinski definition) is 4. The molecule has 0 aliphatic carbocycles. The molecular weight excluding hydrogens is 424 g/mol. The molecule has 0 radical (unpaired) electrons. The van der Waals surface area contributed by atoms with E-state index in [1.807, 2.05) is 82.3 Å². The normalized spacial score (nSPS) is 11.3. The second kappa shape index (κ2) is 9.56. The second-order valence-electron chi connectivity index (χ2n) is 9.32. The molecule has 5 nitrogen and oxygen atoms in total. The second-order valence-corrected chi connectivity index (χ2v) is 9.32. The Hall–Kier alpha value is -3.86. The van der Waals surface area contributed by atoms with Crippen LogP contribution in [0.5, 0.6) is 0 Å². The van der Waals surface area contributed by atoms with E-state index in [-0.39, 0.29) is 6.09 Å². The molecule has 0 N–H and O–H groups in total. The number of benzene rings is 3. The average molecular weight is 455 g/mol. The Kier molecular flexibility index (Phi) is 6.55. The molecule has 0 atom stereocenters. The summed E-state index contributed by atoms with van der Waals surface area (Å²) < 4.78 is 11.7. The van der Waals surface area contributed by atoms with Crippen molar-refractivity contribution in [3.63, 3.8) is 0 Å². The van der Waals surface area contributed by atoms with Crippen molar-refractivity contribution in [3.05, 3.63) is 101 Å². The molecule has 1 amide bonds. The third-order valence-corrected chi connectivity index (χ3v) is 5.43. The average Bonchev–Trinajstić information content (AvgIpc) is 3.13. The monoisotopic (exact) mass is 454 g/mol. The van der Waals surface area contributed by atoms with Crippen LogP contribution in [-0.2, 0) is 11.3 Å². The standard InChI is InChI=1S/C29H30N2O3/c1-20-24(19-31(5)28(32)34-29(2,3)4)23-17-12-18-25(27(23)33-20)30-26(21-13-8-6-9-14-21)22-15-10-7-11-16-22/h6-18H,19H2,1-5H3. The minimum atomic E-state index is -0.550. The highest BCUT2D eigenvalue weighted by atomic mass is 16.6. The summed E-state index contributed by atoms with van der Waals surface area (Å²) >= 11 is 0. The maximum Gasteiger partial charge on any atom is 0.410 e. The van der Waals surface area contributed by atoms with Crippen molar-refractivity contribution < 1.29 is 13.9 Å². The molecule has 4 rings (SSSR count). The summed E-state index contributed by atoms with van der Waals surface area (Å²) in [7, 11) is 1.73. The lowest BCUT2D eigenvalue weighted by molar-refractivity contribution is 0.0285. The van der Waals surface area contributed by atoms with Gasteiger partial charge < -0.3 is 14.1 Å². The predicted molar refractivity (Wildman–Crippen MR) is 137 cm³/mol. The molecule has 1 aromatic heterocycles. The van der Waals surface area contributed by atoms with Crippen LogP contribution in [-0.4, -0.2) is 29.4 Å². The molecule has 4 aromatic rings.